The maximum Gasteiger partial charge on any atom is 0.257 e. The lowest BCUT2D eigenvalue weighted by atomic mass is 10.2. The monoisotopic (exact) mass is 282 g/mol. The van der Waals surface area contributed by atoms with Gasteiger partial charge in [-0.3, -0.25) is 4.79 Å². The van der Waals surface area contributed by atoms with Crippen LogP contribution in [0.3, 0.4) is 0 Å². The van der Waals surface area contributed by atoms with Crippen molar-refractivity contribution in [3.8, 4) is 0 Å². The number of carbonyl (C=O) groups is 1. The van der Waals surface area contributed by atoms with Gasteiger partial charge in [0.05, 0.1) is 16.3 Å². The Bertz CT molecular complexity index is 647. The van der Waals surface area contributed by atoms with Gasteiger partial charge in [-0.1, -0.05) is 11.6 Å². The van der Waals surface area contributed by atoms with Crippen LogP contribution in [0.5, 0.6) is 0 Å². The molecule has 2 rings (SSSR count). The summed E-state index contributed by atoms with van der Waals surface area (Å²) in [4.78, 5) is 11.9. The number of hydrogen-bond donors (Lipinski definition) is 2. The van der Waals surface area contributed by atoms with E-state index in [0.29, 0.717) is 0 Å². The van der Waals surface area contributed by atoms with Crippen molar-refractivity contribution in [2.75, 3.05) is 11.1 Å². The Kier molecular flexibility index (Phi) is 3.66. The Morgan fingerprint density at radius 2 is 1.89 bits per heavy atom. The topological polar surface area (TPSA) is 55.1 Å². The molecule has 0 heterocycles. The van der Waals surface area contributed by atoms with Gasteiger partial charge in [0.25, 0.3) is 5.91 Å². The summed E-state index contributed by atoms with van der Waals surface area (Å²) in [6.45, 7) is 0. The molecule has 0 aliphatic carbocycles. The first-order valence-electron chi connectivity index (χ1n) is 5.29. The Hall–Kier alpha value is -2.14. The third kappa shape index (κ3) is 3.00. The highest BCUT2D eigenvalue weighted by Crippen LogP contribution is 2.21. The number of halogens is 3. The predicted molar refractivity (Wildman–Crippen MR) is 70.2 cm³/mol. The lowest BCUT2D eigenvalue weighted by molar-refractivity contribution is 0.102. The van der Waals surface area contributed by atoms with Gasteiger partial charge in [-0.25, -0.2) is 8.78 Å². The molecule has 2 aromatic rings. The van der Waals surface area contributed by atoms with E-state index < -0.39 is 17.5 Å². The highest BCUT2D eigenvalue weighted by molar-refractivity contribution is 6.34. The average molecular weight is 283 g/mol. The molecule has 0 aliphatic rings. The molecule has 98 valence electrons. The molecule has 3 nitrogen and oxygen atoms in total. The minimum Gasteiger partial charge on any atom is -0.399 e. The number of carbonyl (C=O) groups excluding carboxylic acids is 1. The number of hydrogen-bond acceptors (Lipinski definition) is 2. The molecule has 0 aromatic heterocycles. The van der Waals surface area contributed by atoms with Crippen molar-refractivity contribution in [3.63, 3.8) is 0 Å². The predicted octanol–water partition coefficient (Wildman–Crippen LogP) is 3.45. The number of nitrogens with two attached hydrogens (primary N) is 1. The van der Waals surface area contributed by atoms with Gasteiger partial charge >= 0.3 is 0 Å². The van der Waals surface area contributed by atoms with Crippen LogP contribution < -0.4 is 11.1 Å². The van der Waals surface area contributed by atoms with Crippen LogP contribution in [0.2, 0.25) is 5.02 Å². The number of benzene rings is 2. The van der Waals surface area contributed by atoms with Gasteiger partial charge in [0.1, 0.15) is 11.6 Å². The van der Waals surface area contributed by atoms with Crippen molar-refractivity contribution in [1.82, 2.24) is 0 Å². The van der Waals surface area contributed by atoms with Crippen LogP contribution in [0.25, 0.3) is 0 Å². The molecule has 6 heteroatoms. The van der Waals surface area contributed by atoms with E-state index >= 15 is 0 Å². The fourth-order valence-corrected chi connectivity index (χ4v) is 1.75. The number of amides is 1. The van der Waals surface area contributed by atoms with Crippen molar-refractivity contribution < 1.29 is 13.6 Å². The summed E-state index contributed by atoms with van der Waals surface area (Å²) in [7, 11) is 0. The number of rotatable bonds is 2. The molecule has 0 saturated heterocycles. The molecule has 0 bridgehead atoms. The highest BCUT2D eigenvalue weighted by atomic mass is 35.5. The largest absolute Gasteiger partial charge is 0.399 e. The van der Waals surface area contributed by atoms with Gasteiger partial charge in [-0.2, -0.15) is 0 Å². The van der Waals surface area contributed by atoms with Crippen molar-refractivity contribution in [3.05, 3.63) is 58.6 Å². The van der Waals surface area contributed by atoms with Crippen molar-refractivity contribution in [1.29, 1.82) is 0 Å². The van der Waals surface area contributed by atoms with Gasteiger partial charge in [0.15, 0.2) is 0 Å². The maximum absolute atomic E-state index is 13.5. The van der Waals surface area contributed by atoms with Crippen LogP contribution in [-0.2, 0) is 0 Å². The molecular weight excluding hydrogens is 274 g/mol. The first-order chi connectivity index (χ1) is 8.97. The van der Waals surface area contributed by atoms with Crippen LogP contribution >= 0.6 is 11.6 Å². The van der Waals surface area contributed by atoms with Gasteiger partial charge in [0.2, 0.25) is 0 Å². The van der Waals surface area contributed by atoms with E-state index in [1.54, 1.807) is 0 Å². The normalized spacial score (nSPS) is 10.3. The molecule has 1 amide bonds. The second-order valence-corrected chi connectivity index (χ2v) is 4.22. The van der Waals surface area contributed by atoms with E-state index in [1.807, 2.05) is 0 Å². The first kappa shape index (κ1) is 13.3. The van der Waals surface area contributed by atoms with Crippen molar-refractivity contribution >= 4 is 28.9 Å². The Morgan fingerprint density at radius 1 is 1.16 bits per heavy atom. The Morgan fingerprint density at radius 3 is 2.53 bits per heavy atom. The molecule has 0 atom stereocenters. The first-order valence-corrected chi connectivity index (χ1v) is 5.66. The molecule has 2 aromatic carbocycles. The minimum absolute atomic E-state index is 0.0282. The summed E-state index contributed by atoms with van der Waals surface area (Å²) in [5.74, 6) is -1.85. The van der Waals surface area contributed by atoms with E-state index in [1.165, 1.54) is 18.2 Å². The van der Waals surface area contributed by atoms with Crippen molar-refractivity contribution in [2.24, 2.45) is 0 Å². The molecule has 0 spiro atoms. The average Bonchev–Trinajstić information content (AvgIpc) is 2.32. The number of nitrogens with one attached hydrogen (secondary N) is 1. The van der Waals surface area contributed by atoms with E-state index in [9.17, 15) is 13.6 Å². The summed E-state index contributed by atoms with van der Waals surface area (Å²) in [6, 6.07) is 7.20. The second-order valence-electron chi connectivity index (χ2n) is 3.82. The number of anilines is 2. The Labute approximate surface area is 113 Å². The van der Waals surface area contributed by atoms with Crippen LogP contribution in [0, 0.1) is 11.6 Å². The zero-order chi connectivity index (χ0) is 14.0. The molecule has 0 radical (unpaired) electrons. The van der Waals surface area contributed by atoms with Gasteiger partial charge in [-0.05, 0) is 36.4 Å². The zero-order valence-electron chi connectivity index (χ0n) is 9.58. The summed E-state index contributed by atoms with van der Waals surface area (Å²) >= 11 is 5.74. The summed E-state index contributed by atoms with van der Waals surface area (Å²) in [5.41, 5.74) is 5.67. The van der Waals surface area contributed by atoms with E-state index in [4.69, 9.17) is 17.3 Å². The molecule has 0 aliphatic heterocycles. The van der Waals surface area contributed by atoms with Gasteiger partial charge in [0, 0.05) is 5.69 Å². The van der Waals surface area contributed by atoms with Crippen LogP contribution in [-0.4, -0.2) is 5.91 Å². The summed E-state index contributed by atoms with van der Waals surface area (Å²) < 4.78 is 26.4. The van der Waals surface area contributed by atoms with Crippen LogP contribution in [0.1, 0.15) is 10.4 Å². The second kappa shape index (κ2) is 5.24. The van der Waals surface area contributed by atoms with Crippen LogP contribution in [0.4, 0.5) is 20.2 Å². The minimum atomic E-state index is -0.661. The quantitative estimate of drug-likeness (QED) is 0.829. The van der Waals surface area contributed by atoms with Crippen molar-refractivity contribution in [2.45, 2.75) is 0 Å². The molecular formula is C13H9ClF2N2O. The van der Waals surface area contributed by atoms with Crippen LogP contribution in [0.15, 0.2) is 36.4 Å². The molecule has 0 saturated carbocycles. The number of nitrogen functional groups attached to an aromatic ring is 1. The standard InChI is InChI=1S/C13H9ClF2N2O/c14-10-5-7(15)1-3-9(10)13(19)18-12-4-2-8(17)6-11(12)16/h1-6H,17H2,(H,18,19). The molecule has 0 fully saturated rings. The third-order valence-corrected chi connectivity index (χ3v) is 2.73. The van der Waals surface area contributed by atoms with E-state index in [-0.39, 0.29) is 22.0 Å². The Balaban J connectivity index is 2.25. The smallest absolute Gasteiger partial charge is 0.257 e. The third-order valence-electron chi connectivity index (χ3n) is 2.42. The summed E-state index contributed by atoms with van der Waals surface area (Å²) in [5, 5.41) is 2.29. The maximum atomic E-state index is 13.5. The zero-order valence-corrected chi connectivity index (χ0v) is 10.3. The highest BCUT2D eigenvalue weighted by Gasteiger charge is 2.13. The lowest BCUT2D eigenvalue weighted by Gasteiger charge is -2.08. The molecule has 3 N–H and O–H groups in total. The SMILES string of the molecule is Nc1ccc(NC(=O)c2ccc(F)cc2Cl)c(F)c1. The van der Waals surface area contributed by atoms with Gasteiger partial charge in [-0.15, -0.1) is 0 Å². The summed E-state index contributed by atoms with van der Waals surface area (Å²) in [6.07, 6.45) is 0. The van der Waals surface area contributed by atoms with E-state index in [2.05, 4.69) is 5.32 Å². The fraction of sp³-hybridized carbons (Fsp3) is 0. The molecule has 0 unspecified atom stereocenters. The van der Waals surface area contributed by atoms with Gasteiger partial charge < -0.3 is 11.1 Å². The molecule has 19 heavy (non-hydrogen) atoms. The lowest BCUT2D eigenvalue weighted by Crippen LogP contribution is -2.13. The van der Waals surface area contributed by atoms with E-state index in [0.717, 1.165) is 18.2 Å². The fourth-order valence-electron chi connectivity index (χ4n) is 1.50.